The zero-order chi connectivity index (χ0) is 28.2. The summed E-state index contributed by atoms with van der Waals surface area (Å²) in [4.78, 5) is 36.5. The van der Waals surface area contributed by atoms with Crippen molar-refractivity contribution in [3.8, 4) is 11.5 Å². The number of methoxy groups -OCH3 is 2. The Bertz CT molecular complexity index is 1370. The molecule has 3 heterocycles. The number of piperazine rings is 1. The molecule has 1 atom stereocenters. The average Bonchev–Trinajstić information content (AvgIpc) is 3.49. The Balaban J connectivity index is 1.57. The number of halogens is 1. The number of hydrogen-bond donors (Lipinski definition) is 0. The third-order valence-electron chi connectivity index (χ3n) is 7.62. The van der Waals surface area contributed by atoms with Crippen molar-refractivity contribution in [2.24, 2.45) is 0 Å². The fourth-order valence-corrected chi connectivity index (χ4v) is 5.44. The minimum atomic E-state index is -0.394. The van der Waals surface area contributed by atoms with Gasteiger partial charge in [-0.25, -0.2) is 9.37 Å². The summed E-state index contributed by atoms with van der Waals surface area (Å²) in [6.45, 7) is 5.29. The Labute approximate surface area is 233 Å². The Morgan fingerprint density at radius 3 is 2.38 bits per heavy atom. The molecule has 40 heavy (non-hydrogen) atoms. The number of rotatable bonds is 8. The van der Waals surface area contributed by atoms with Crippen LogP contribution in [0.1, 0.15) is 35.7 Å². The van der Waals surface area contributed by atoms with E-state index >= 15 is 0 Å². The molecule has 1 unspecified atom stereocenters. The van der Waals surface area contributed by atoms with Crippen LogP contribution in [0.4, 0.5) is 10.2 Å². The molecule has 2 aliphatic heterocycles. The lowest BCUT2D eigenvalue weighted by Crippen LogP contribution is -2.48. The highest BCUT2D eigenvalue weighted by Crippen LogP contribution is 2.36. The zero-order valence-corrected chi connectivity index (χ0v) is 23.2. The van der Waals surface area contributed by atoms with Crippen molar-refractivity contribution in [1.82, 2.24) is 14.8 Å². The van der Waals surface area contributed by atoms with Crippen molar-refractivity contribution in [2.75, 3.05) is 58.5 Å². The first-order valence-corrected chi connectivity index (χ1v) is 13.6. The number of fused-ring (bicyclic) bond motifs is 1. The molecule has 1 aromatic heterocycles. The van der Waals surface area contributed by atoms with Gasteiger partial charge in [-0.15, -0.1) is 0 Å². The Hall–Kier alpha value is -3.92. The summed E-state index contributed by atoms with van der Waals surface area (Å²) in [5.41, 5.74) is 1.90. The Kier molecular flexibility index (Phi) is 8.35. The second kappa shape index (κ2) is 12.1. The molecule has 212 valence electrons. The lowest BCUT2D eigenvalue weighted by molar-refractivity contribution is -0.129. The first-order valence-electron chi connectivity index (χ1n) is 13.6. The van der Waals surface area contributed by atoms with E-state index < -0.39 is 5.82 Å². The number of benzene rings is 2. The van der Waals surface area contributed by atoms with Gasteiger partial charge < -0.3 is 28.9 Å². The van der Waals surface area contributed by atoms with Crippen molar-refractivity contribution in [2.45, 2.75) is 32.4 Å². The molecular formula is C30H35FN4O5. The van der Waals surface area contributed by atoms with Crippen LogP contribution in [-0.4, -0.2) is 86.3 Å². The number of pyridine rings is 1. The summed E-state index contributed by atoms with van der Waals surface area (Å²) in [5, 5.41) is 0.772. The fourth-order valence-electron chi connectivity index (χ4n) is 5.44. The second-order valence-corrected chi connectivity index (χ2v) is 10.2. The van der Waals surface area contributed by atoms with E-state index in [1.54, 1.807) is 26.0 Å². The van der Waals surface area contributed by atoms with E-state index in [0.29, 0.717) is 61.9 Å². The van der Waals surface area contributed by atoms with Crippen LogP contribution in [0.3, 0.4) is 0 Å². The van der Waals surface area contributed by atoms with Crippen molar-refractivity contribution in [1.29, 1.82) is 0 Å². The number of hydrogen-bond acceptors (Lipinski definition) is 7. The van der Waals surface area contributed by atoms with Gasteiger partial charge in [-0.3, -0.25) is 9.59 Å². The van der Waals surface area contributed by atoms with Crippen LogP contribution in [0.25, 0.3) is 10.9 Å². The zero-order valence-electron chi connectivity index (χ0n) is 23.2. The molecule has 2 fully saturated rings. The molecule has 2 amide bonds. The highest BCUT2D eigenvalue weighted by atomic mass is 19.1. The molecule has 2 aromatic carbocycles. The SMILES string of the molecule is COc1ccc(OC)c2nc(N3CCN(C(C)=O)CC3)c(CN(CC3CCCO3)C(=O)c3ccc(F)cc3)cc12. The van der Waals surface area contributed by atoms with Crippen LogP contribution in [-0.2, 0) is 16.1 Å². The topological polar surface area (TPSA) is 84.4 Å². The monoisotopic (exact) mass is 550 g/mol. The minimum Gasteiger partial charge on any atom is -0.496 e. The highest BCUT2D eigenvalue weighted by Gasteiger charge is 2.28. The molecule has 9 nitrogen and oxygen atoms in total. The lowest BCUT2D eigenvalue weighted by atomic mass is 10.1. The fraction of sp³-hybridized carbons (Fsp3) is 0.433. The predicted molar refractivity (Wildman–Crippen MR) is 149 cm³/mol. The van der Waals surface area contributed by atoms with E-state index in [4.69, 9.17) is 19.2 Å². The molecule has 0 N–H and O–H groups in total. The molecule has 0 aliphatic carbocycles. The largest absolute Gasteiger partial charge is 0.496 e. The molecule has 5 rings (SSSR count). The third-order valence-corrected chi connectivity index (χ3v) is 7.62. The molecule has 2 aliphatic rings. The summed E-state index contributed by atoms with van der Waals surface area (Å²) in [7, 11) is 3.21. The van der Waals surface area contributed by atoms with E-state index in [1.807, 2.05) is 23.1 Å². The number of carbonyl (C=O) groups excluding carboxylic acids is 2. The summed E-state index contributed by atoms with van der Waals surface area (Å²) in [6, 6.07) is 11.3. The number of aromatic nitrogens is 1. The van der Waals surface area contributed by atoms with E-state index in [9.17, 15) is 14.0 Å². The van der Waals surface area contributed by atoms with Crippen molar-refractivity contribution in [3.63, 3.8) is 0 Å². The maximum absolute atomic E-state index is 13.8. The Morgan fingerprint density at radius 1 is 1.05 bits per heavy atom. The van der Waals surface area contributed by atoms with Crippen LogP contribution in [0.5, 0.6) is 11.5 Å². The van der Waals surface area contributed by atoms with E-state index in [-0.39, 0.29) is 24.5 Å². The van der Waals surface area contributed by atoms with Crippen LogP contribution < -0.4 is 14.4 Å². The maximum Gasteiger partial charge on any atom is 0.254 e. The van der Waals surface area contributed by atoms with Crippen molar-refractivity contribution < 1.29 is 28.2 Å². The Morgan fingerprint density at radius 2 is 1.75 bits per heavy atom. The normalized spacial score (nSPS) is 17.2. The minimum absolute atomic E-state index is 0.0467. The van der Waals surface area contributed by atoms with Crippen LogP contribution in [0.2, 0.25) is 0 Å². The van der Waals surface area contributed by atoms with Gasteiger partial charge in [0.15, 0.2) is 0 Å². The van der Waals surface area contributed by atoms with E-state index in [0.717, 1.165) is 29.6 Å². The van der Waals surface area contributed by atoms with Gasteiger partial charge in [0, 0.05) is 69.3 Å². The number of ether oxygens (including phenoxy) is 3. The third kappa shape index (κ3) is 5.82. The molecule has 0 bridgehead atoms. The number of nitrogens with zero attached hydrogens (tertiary/aromatic N) is 4. The van der Waals surface area contributed by atoms with Crippen molar-refractivity contribution >= 4 is 28.5 Å². The van der Waals surface area contributed by atoms with Crippen molar-refractivity contribution in [3.05, 3.63) is 59.4 Å². The maximum atomic E-state index is 13.8. The molecule has 2 saturated heterocycles. The number of amides is 2. The average molecular weight is 551 g/mol. The summed E-state index contributed by atoms with van der Waals surface area (Å²) in [5.74, 6) is 1.43. The van der Waals surface area contributed by atoms with Crippen LogP contribution in [0.15, 0.2) is 42.5 Å². The van der Waals surface area contributed by atoms with Gasteiger partial charge in [0.05, 0.1) is 20.3 Å². The summed E-state index contributed by atoms with van der Waals surface area (Å²) in [6.07, 6.45) is 1.74. The van der Waals surface area contributed by atoms with E-state index in [2.05, 4.69) is 4.90 Å². The van der Waals surface area contributed by atoms with Gasteiger partial charge in [-0.05, 0) is 55.3 Å². The lowest BCUT2D eigenvalue weighted by Gasteiger charge is -2.36. The van der Waals surface area contributed by atoms with Gasteiger partial charge >= 0.3 is 0 Å². The molecule has 0 saturated carbocycles. The highest BCUT2D eigenvalue weighted by molar-refractivity contribution is 5.95. The number of carbonyl (C=O) groups is 2. The predicted octanol–water partition coefficient (Wildman–Crippen LogP) is 3.88. The molecule has 10 heteroatoms. The van der Waals surface area contributed by atoms with Gasteiger partial charge in [-0.2, -0.15) is 0 Å². The van der Waals surface area contributed by atoms with Gasteiger partial charge in [0.25, 0.3) is 5.91 Å². The summed E-state index contributed by atoms with van der Waals surface area (Å²) < 4.78 is 30.8. The first-order chi connectivity index (χ1) is 19.4. The van der Waals surface area contributed by atoms with Gasteiger partial charge in [0.2, 0.25) is 5.91 Å². The van der Waals surface area contributed by atoms with E-state index in [1.165, 1.54) is 24.3 Å². The standard InChI is InChI=1S/C30H35FN4O5/c1-20(36)33-12-14-34(15-13-33)29-22(17-25-26(38-2)10-11-27(39-3)28(25)32-29)18-35(19-24-5-4-16-40-24)30(37)21-6-8-23(31)9-7-21/h6-11,17,24H,4-5,12-16,18-19H2,1-3H3. The van der Waals surface area contributed by atoms with Crippen LogP contribution in [0, 0.1) is 5.82 Å². The quantitative estimate of drug-likeness (QED) is 0.421. The molecular weight excluding hydrogens is 515 g/mol. The first kappa shape index (κ1) is 27.6. The number of anilines is 1. The summed E-state index contributed by atoms with van der Waals surface area (Å²) >= 11 is 0. The van der Waals surface area contributed by atoms with Gasteiger partial charge in [0.1, 0.15) is 28.7 Å². The molecule has 0 radical (unpaired) electrons. The smallest absolute Gasteiger partial charge is 0.254 e. The second-order valence-electron chi connectivity index (χ2n) is 10.2. The molecule has 0 spiro atoms. The molecule has 3 aromatic rings. The van der Waals surface area contributed by atoms with Gasteiger partial charge in [-0.1, -0.05) is 0 Å². The van der Waals surface area contributed by atoms with Crippen LogP contribution >= 0.6 is 0 Å².